The molecule has 14 nitrogen and oxygen atoms in total. The lowest BCUT2D eigenvalue weighted by Crippen LogP contribution is -2.63. The second-order valence-electron chi connectivity index (χ2n) is 16.4. The molecule has 2 aliphatic heterocycles. The van der Waals surface area contributed by atoms with Crippen molar-refractivity contribution >= 4 is 35.3 Å². The molecular formula is C39H59N7O7. The summed E-state index contributed by atoms with van der Waals surface area (Å²) < 4.78 is 5.57. The molecule has 53 heavy (non-hydrogen) atoms. The summed E-state index contributed by atoms with van der Waals surface area (Å²) >= 11 is 0. The quantitative estimate of drug-likeness (QED) is 0.208. The van der Waals surface area contributed by atoms with Gasteiger partial charge in [-0.2, -0.15) is 0 Å². The summed E-state index contributed by atoms with van der Waals surface area (Å²) in [5, 5.41) is 11.5. The number of hydrogen-bond donors (Lipinski definition) is 4. The SMILES string of the molecule is CCC[C@H](NC(=O)[C@@H]1C[C@@H]2CCCC[C@@H]2N1C(=O)[C@@H](NC(=O)[C@@H](NC(=O)c1cnccn1)C1CCCCC1)C(C)(C)C)C(=O)C(=O)NC[C@H]1CCCO1. The molecule has 0 spiro atoms. The zero-order valence-electron chi connectivity index (χ0n) is 31.9. The van der Waals surface area contributed by atoms with E-state index in [1.54, 1.807) is 4.90 Å². The Morgan fingerprint density at radius 2 is 1.64 bits per heavy atom. The van der Waals surface area contributed by atoms with Crippen LogP contribution in [-0.4, -0.2) is 99.7 Å². The largest absolute Gasteiger partial charge is 0.376 e. The molecule has 0 unspecified atom stereocenters. The Kier molecular flexibility index (Phi) is 14.0. The van der Waals surface area contributed by atoms with Crippen molar-refractivity contribution in [3.8, 4) is 0 Å². The van der Waals surface area contributed by atoms with Gasteiger partial charge in [-0.05, 0) is 68.6 Å². The molecule has 2 aliphatic carbocycles. The maximum absolute atomic E-state index is 14.9. The Bertz CT molecular complexity index is 1460. The number of nitrogens with zero attached hydrogens (tertiary/aromatic N) is 3. The van der Waals surface area contributed by atoms with Gasteiger partial charge < -0.3 is 30.9 Å². The van der Waals surface area contributed by atoms with Gasteiger partial charge in [0.05, 0.1) is 18.3 Å². The second kappa shape index (κ2) is 18.4. The Morgan fingerprint density at radius 1 is 0.906 bits per heavy atom. The Labute approximate surface area is 313 Å². The Hall–Kier alpha value is -3.94. The number of likely N-dealkylation sites (tertiary alicyclic amines) is 1. The monoisotopic (exact) mass is 737 g/mol. The molecule has 7 atom stereocenters. The van der Waals surface area contributed by atoms with Gasteiger partial charge in [0.25, 0.3) is 11.8 Å². The van der Waals surface area contributed by atoms with Gasteiger partial charge >= 0.3 is 0 Å². The number of nitrogens with one attached hydrogen (secondary N) is 4. The van der Waals surface area contributed by atoms with Crippen molar-refractivity contribution in [2.45, 2.75) is 154 Å². The van der Waals surface area contributed by atoms with Crippen LogP contribution in [0, 0.1) is 17.3 Å². The topological polar surface area (TPSA) is 189 Å². The van der Waals surface area contributed by atoms with Crippen LogP contribution < -0.4 is 21.3 Å². The summed E-state index contributed by atoms with van der Waals surface area (Å²) in [5.41, 5.74) is -0.659. The highest BCUT2D eigenvalue weighted by Gasteiger charge is 2.51. The molecule has 4 N–H and O–H groups in total. The number of aromatic nitrogens is 2. The van der Waals surface area contributed by atoms with Crippen molar-refractivity contribution < 1.29 is 33.5 Å². The van der Waals surface area contributed by atoms with Crippen molar-refractivity contribution in [2.75, 3.05) is 13.2 Å². The molecule has 14 heteroatoms. The van der Waals surface area contributed by atoms with E-state index < -0.39 is 59.0 Å². The first-order chi connectivity index (χ1) is 25.4. The third-order valence-electron chi connectivity index (χ3n) is 11.5. The van der Waals surface area contributed by atoms with Crippen LogP contribution in [0.1, 0.15) is 128 Å². The molecule has 0 radical (unpaired) electrons. The van der Waals surface area contributed by atoms with Crippen LogP contribution >= 0.6 is 0 Å². The maximum Gasteiger partial charge on any atom is 0.289 e. The molecule has 3 heterocycles. The lowest BCUT2D eigenvalue weighted by Gasteiger charge is -2.40. The normalized spacial score (nSPS) is 25.0. The predicted octanol–water partition coefficient (Wildman–Crippen LogP) is 3.00. The molecule has 0 bridgehead atoms. The Morgan fingerprint density at radius 3 is 2.30 bits per heavy atom. The van der Waals surface area contributed by atoms with Gasteiger partial charge in [-0.1, -0.05) is 66.2 Å². The van der Waals surface area contributed by atoms with Gasteiger partial charge in [0, 0.05) is 31.6 Å². The molecule has 292 valence electrons. The average Bonchev–Trinajstić information content (AvgIpc) is 3.83. The summed E-state index contributed by atoms with van der Waals surface area (Å²) in [6.07, 6.45) is 15.0. The predicted molar refractivity (Wildman–Crippen MR) is 196 cm³/mol. The lowest BCUT2D eigenvalue weighted by molar-refractivity contribution is -0.147. The van der Waals surface area contributed by atoms with E-state index in [2.05, 4.69) is 31.2 Å². The van der Waals surface area contributed by atoms with E-state index in [0.717, 1.165) is 70.6 Å². The molecule has 5 amide bonds. The van der Waals surface area contributed by atoms with Gasteiger partial charge in [0.15, 0.2) is 0 Å². The molecule has 1 aromatic rings. The van der Waals surface area contributed by atoms with E-state index in [0.29, 0.717) is 19.4 Å². The van der Waals surface area contributed by atoms with Crippen LogP contribution in [0.2, 0.25) is 0 Å². The summed E-state index contributed by atoms with van der Waals surface area (Å²) in [5.74, 6) is -3.31. The Balaban J connectivity index is 1.35. The number of rotatable bonds is 14. The smallest absolute Gasteiger partial charge is 0.289 e. The van der Waals surface area contributed by atoms with Crippen LogP contribution in [0.3, 0.4) is 0 Å². The summed E-state index contributed by atoms with van der Waals surface area (Å²) in [4.78, 5) is 92.6. The van der Waals surface area contributed by atoms with Crippen molar-refractivity contribution in [3.63, 3.8) is 0 Å². The molecule has 5 rings (SSSR count). The summed E-state index contributed by atoms with van der Waals surface area (Å²) in [6, 6.07) is -4.01. The van der Waals surface area contributed by atoms with Crippen LogP contribution in [0.15, 0.2) is 18.6 Å². The molecule has 4 fully saturated rings. The van der Waals surface area contributed by atoms with E-state index in [4.69, 9.17) is 4.74 Å². The van der Waals surface area contributed by atoms with Crippen LogP contribution in [0.5, 0.6) is 0 Å². The van der Waals surface area contributed by atoms with E-state index >= 15 is 0 Å². The fourth-order valence-corrected chi connectivity index (χ4v) is 8.62. The second-order valence-corrected chi connectivity index (χ2v) is 16.4. The van der Waals surface area contributed by atoms with Crippen molar-refractivity contribution in [2.24, 2.45) is 17.3 Å². The van der Waals surface area contributed by atoms with Gasteiger partial charge in [-0.3, -0.25) is 33.8 Å². The van der Waals surface area contributed by atoms with Gasteiger partial charge in [-0.25, -0.2) is 4.98 Å². The highest BCUT2D eigenvalue weighted by atomic mass is 16.5. The van der Waals surface area contributed by atoms with Gasteiger partial charge in [-0.15, -0.1) is 0 Å². The minimum Gasteiger partial charge on any atom is -0.376 e. The van der Waals surface area contributed by atoms with Gasteiger partial charge in [0.2, 0.25) is 23.5 Å². The van der Waals surface area contributed by atoms with E-state index in [-0.39, 0.29) is 48.5 Å². The number of Topliss-reactive ketones (excluding diaryl/α,β-unsaturated/α-hetero) is 1. The van der Waals surface area contributed by atoms with E-state index in [9.17, 15) is 28.8 Å². The third kappa shape index (κ3) is 10.2. The van der Waals surface area contributed by atoms with Gasteiger partial charge in [0.1, 0.15) is 23.8 Å². The first-order valence-electron chi connectivity index (χ1n) is 19.8. The summed E-state index contributed by atoms with van der Waals surface area (Å²) in [6.45, 7) is 8.36. The number of fused-ring (bicyclic) bond motifs is 1. The lowest BCUT2D eigenvalue weighted by atomic mass is 9.81. The van der Waals surface area contributed by atoms with Crippen molar-refractivity contribution in [1.29, 1.82) is 0 Å². The number of hydrogen-bond acceptors (Lipinski definition) is 9. The maximum atomic E-state index is 14.9. The molecule has 2 saturated heterocycles. The van der Waals surface area contributed by atoms with Crippen LogP contribution in [-0.2, 0) is 28.7 Å². The number of amides is 5. The fourth-order valence-electron chi connectivity index (χ4n) is 8.62. The highest BCUT2D eigenvalue weighted by Crippen LogP contribution is 2.41. The minimum atomic E-state index is -1.04. The first-order valence-corrected chi connectivity index (χ1v) is 19.8. The summed E-state index contributed by atoms with van der Waals surface area (Å²) in [7, 11) is 0. The molecule has 4 aliphatic rings. The average molecular weight is 738 g/mol. The molecule has 2 saturated carbocycles. The minimum absolute atomic E-state index is 0.0936. The molecule has 0 aromatic carbocycles. The number of carbonyl (C=O) groups excluding carboxylic acids is 6. The van der Waals surface area contributed by atoms with E-state index in [1.807, 2.05) is 27.7 Å². The van der Waals surface area contributed by atoms with Crippen LogP contribution in [0.25, 0.3) is 0 Å². The molecule has 1 aromatic heterocycles. The van der Waals surface area contributed by atoms with Crippen molar-refractivity contribution in [1.82, 2.24) is 36.1 Å². The van der Waals surface area contributed by atoms with Crippen molar-refractivity contribution in [3.05, 3.63) is 24.3 Å². The number of carbonyl (C=O) groups is 6. The zero-order valence-corrected chi connectivity index (χ0v) is 31.9. The zero-order chi connectivity index (χ0) is 38.1. The fraction of sp³-hybridized carbons (Fsp3) is 0.744. The molecular weight excluding hydrogens is 678 g/mol. The highest BCUT2D eigenvalue weighted by molar-refractivity contribution is 6.38. The standard InChI is InChI=1S/C39H59N7O7/c1-5-12-27(32(47)37(51)42-22-26-16-11-20-53-26)43-35(49)30-21-25-15-9-10-17-29(25)46(30)38(52)33(39(2,3)4)45-36(50)31(24-13-7-6-8-14-24)44-34(48)28-23-40-18-19-41-28/h18-19,23-27,29-31,33H,5-17,20-22H2,1-4H3,(H,42,51)(H,43,49)(H,44,48)(H,45,50)/t25-,26+,27-,29-,30-,31-,33+/m0/s1. The number of ether oxygens (including phenoxy) is 1. The number of ketones is 1. The first kappa shape index (κ1) is 40.2. The van der Waals surface area contributed by atoms with E-state index in [1.165, 1.54) is 18.6 Å². The third-order valence-corrected chi connectivity index (χ3v) is 11.5. The van der Waals surface area contributed by atoms with Crippen LogP contribution in [0.4, 0.5) is 0 Å².